The molecule has 0 amide bonds. The molecule has 0 aliphatic heterocycles. The molecule has 1 fully saturated rings. The average Bonchev–Trinajstić information content (AvgIpc) is 2.38. The van der Waals surface area contributed by atoms with Crippen LogP contribution in [-0.2, 0) is 19.2 Å². The van der Waals surface area contributed by atoms with Gasteiger partial charge < -0.3 is 31.9 Å². The second-order valence-electron chi connectivity index (χ2n) is 6.39. The maximum atomic E-state index is 11.4. The van der Waals surface area contributed by atoms with E-state index >= 15 is 0 Å². The van der Waals surface area contributed by atoms with E-state index in [0.717, 1.165) is 0 Å². The standard InChI is InChI=1S/C14H22N2O8/c15-8-2-1-7(3-9(17)18)13(4-10(19)20,5-11(21)22)14(8,16)6-12(23)24/h7-8H,1-6,15-16H2,(H,17,18)(H,19,20)(H,21,22)(H,23,24). The van der Waals surface area contributed by atoms with E-state index in [1.54, 1.807) is 0 Å². The van der Waals surface area contributed by atoms with Crippen LogP contribution in [0.1, 0.15) is 38.5 Å². The molecule has 0 saturated heterocycles. The highest BCUT2D eigenvalue weighted by Gasteiger charge is 2.61. The summed E-state index contributed by atoms with van der Waals surface area (Å²) in [4.78, 5) is 45.2. The lowest BCUT2D eigenvalue weighted by Crippen LogP contribution is -2.72. The van der Waals surface area contributed by atoms with Gasteiger partial charge in [-0.1, -0.05) is 0 Å². The van der Waals surface area contributed by atoms with Gasteiger partial charge in [0, 0.05) is 23.4 Å². The number of carboxylic acid groups (broad SMARTS) is 4. The number of nitrogens with two attached hydrogens (primary N) is 2. The van der Waals surface area contributed by atoms with Gasteiger partial charge in [0.15, 0.2) is 0 Å². The summed E-state index contributed by atoms with van der Waals surface area (Å²) in [6.07, 6.45) is -2.45. The number of carbonyl (C=O) groups is 4. The van der Waals surface area contributed by atoms with Crippen molar-refractivity contribution in [3.8, 4) is 0 Å². The van der Waals surface area contributed by atoms with E-state index < -0.39 is 72.5 Å². The van der Waals surface area contributed by atoms with Crippen LogP contribution < -0.4 is 11.5 Å². The average molecular weight is 346 g/mol. The molecule has 8 N–H and O–H groups in total. The van der Waals surface area contributed by atoms with Crippen molar-refractivity contribution >= 4 is 23.9 Å². The van der Waals surface area contributed by atoms with Gasteiger partial charge in [-0.15, -0.1) is 0 Å². The molecule has 0 spiro atoms. The van der Waals surface area contributed by atoms with Gasteiger partial charge in [-0.05, 0) is 18.8 Å². The molecule has 0 aromatic rings. The van der Waals surface area contributed by atoms with Crippen molar-refractivity contribution in [1.82, 2.24) is 0 Å². The lowest BCUT2D eigenvalue weighted by atomic mass is 9.50. The van der Waals surface area contributed by atoms with Crippen molar-refractivity contribution in [3.63, 3.8) is 0 Å². The Morgan fingerprint density at radius 1 is 0.833 bits per heavy atom. The Balaban J connectivity index is 3.55. The highest BCUT2D eigenvalue weighted by atomic mass is 16.4. The molecule has 3 unspecified atom stereocenters. The van der Waals surface area contributed by atoms with E-state index in [9.17, 15) is 34.5 Å². The summed E-state index contributed by atoms with van der Waals surface area (Å²) in [6, 6.07) is -0.961. The van der Waals surface area contributed by atoms with Crippen LogP contribution in [0.2, 0.25) is 0 Å². The molecule has 0 aromatic heterocycles. The molecule has 136 valence electrons. The van der Waals surface area contributed by atoms with Crippen LogP contribution in [0.5, 0.6) is 0 Å². The zero-order chi connectivity index (χ0) is 18.7. The third-order valence-corrected chi connectivity index (χ3v) is 4.99. The minimum absolute atomic E-state index is 0.159. The fraction of sp³-hybridized carbons (Fsp3) is 0.714. The molecule has 0 heterocycles. The highest BCUT2D eigenvalue weighted by molar-refractivity contribution is 5.75. The molecule has 0 aromatic carbocycles. The van der Waals surface area contributed by atoms with Crippen molar-refractivity contribution in [3.05, 3.63) is 0 Å². The normalized spacial score (nSPS) is 28.9. The summed E-state index contributed by atoms with van der Waals surface area (Å²) >= 11 is 0. The summed E-state index contributed by atoms with van der Waals surface area (Å²) in [6.45, 7) is 0. The fourth-order valence-corrected chi connectivity index (χ4v) is 3.95. The molecule has 1 saturated carbocycles. The Bertz CT molecular complexity index is 533. The second kappa shape index (κ2) is 7.14. The Morgan fingerprint density at radius 3 is 1.67 bits per heavy atom. The zero-order valence-corrected chi connectivity index (χ0v) is 13.0. The maximum Gasteiger partial charge on any atom is 0.305 e. The molecule has 1 aliphatic rings. The molecule has 10 heteroatoms. The number of hydrogen-bond donors (Lipinski definition) is 6. The third-order valence-electron chi connectivity index (χ3n) is 4.99. The first-order valence-electron chi connectivity index (χ1n) is 7.36. The van der Waals surface area contributed by atoms with Crippen molar-refractivity contribution in [1.29, 1.82) is 0 Å². The topological polar surface area (TPSA) is 201 Å². The molecule has 0 bridgehead atoms. The van der Waals surface area contributed by atoms with Crippen LogP contribution in [-0.4, -0.2) is 55.9 Å². The van der Waals surface area contributed by atoms with Gasteiger partial charge in [0.2, 0.25) is 0 Å². The van der Waals surface area contributed by atoms with Crippen molar-refractivity contribution in [2.24, 2.45) is 22.8 Å². The lowest BCUT2D eigenvalue weighted by Gasteiger charge is -2.57. The van der Waals surface area contributed by atoms with Crippen molar-refractivity contribution in [2.45, 2.75) is 50.1 Å². The minimum atomic E-state index is -1.85. The monoisotopic (exact) mass is 346 g/mol. The van der Waals surface area contributed by atoms with Crippen LogP contribution in [0.4, 0.5) is 0 Å². The van der Waals surface area contributed by atoms with Gasteiger partial charge in [0.05, 0.1) is 19.3 Å². The first-order valence-corrected chi connectivity index (χ1v) is 7.36. The zero-order valence-electron chi connectivity index (χ0n) is 13.0. The smallest absolute Gasteiger partial charge is 0.305 e. The highest BCUT2D eigenvalue weighted by Crippen LogP contribution is 2.54. The largest absolute Gasteiger partial charge is 0.481 e. The van der Waals surface area contributed by atoms with Crippen LogP contribution in [0.3, 0.4) is 0 Å². The van der Waals surface area contributed by atoms with Gasteiger partial charge in [0.1, 0.15) is 0 Å². The SMILES string of the molecule is NC1CCC(CC(=O)O)C(CC(=O)O)(CC(=O)O)C1(N)CC(=O)O. The Hall–Kier alpha value is -2.20. The molecule has 10 nitrogen and oxygen atoms in total. The Labute approximate surface area is 137 Å². The van der Waals surface area contributed by atoms with Gasteiger partial charge in [-0.2, -0.15) is 0 Å². The molecule has 1 rings (SSSR count). The summed E-state index contributed by atoms with van der Waals surface area (Å²) in [5.41, 5.74) is 8.55. The third kappa shape index (κ3) is 3.82. The predicted octanol–water partition coefficient (Wildman–Crippen LogP) is -0.694. The quantitative estimate of drug-likeness (QED) is 0.326. The first-order chi connectivity index (χ1) is 10.9. The lowest BCUT2D eigenvalue weighted by molar-refractivity contribution is -0.161. The first kappa shape index (κ1) is 19.8. The Morgan fingerprint density at radius 2 is 1.29 bits per heavy atom. The second-order valence-corrected chi connectivity index (χ2v) is 6.39. The fourth-order valence-electron chi connectivity index (χ4n) is 3.95. The maximum absolute atomic E-state index is 11.4. The van der Waals surface area contributed by atoms with E-state index in [-0.39, 0.29) is 12.8 Å². The van der Waals surface area contributed by atoms with E-state index in [1.165, 1.54) is 0 Å². The molecule has 1 aliphatic carbocycles. The minimum Gasteiger partial charge on any atom is -0.481 e. The summed E-state index contributed by atoms with van der Waals surface area (Å²) in [5, 5.41) is 36.8. The van der Waals surface area contributed by atoms with Crippen molar-refractivity contribution < 1.29 is 39.6 Å². The van der Waals surface area contributed by atoms with Gasteiger partial charge >= 0.3 is 23.9 Å². The number of carboxylic acids is 4. The Kier molecular flexibility index (Phi) is 5.90. The molecular formula is C14H22N2O8. The van der Waals surface area contributed by atoms with Crippen LogP contribution >= 0.6 is 0 Å². The van der Waals surface area contributed by atoms with E-state index in [0.29, 0.717) is 0 Å². The van der Waals surface area contributed by atoms with E-state index in [4.69, 9.17) is 16.6 Å². The molecule has 3 atom stereocenters. The predicted molar refractivity (Wildman–Crippen MR) is 79.1 cm³/mol. The summed E-state index contributed by atoms with van der Waals surface area (Å²) < 4.78 is 0. The van der Waals surface area contributed by atoms with Gasteiger partial charge in [0.25, 0.3) is 0 Å². The van der Waals surface area contributed by atoms with Crippen LogP contribution in [0, 0.1) is 11.3 Å². The summed E-state index contributed by atoms with van der Waals surface area (Å²) in [7, 11) is 0. The number of aliphatic carboxylic acids is 4. The number of hydrogen-bond acceptors (Lipinski definition) is 6. The summed E-state index contributed by atoms with van der Waals surface area (Å²) in [5.74, 6) is -6.29. The van der Waals surface area contributed by atoms with Crippen molar-refractivity contribution in [2.75, 3.05) is 0 Å². The van der Waals surface area contributed by atoms with E-state index in [1.807, 2.05) is 0 Å². The van der Waals surface area contributed by atoms with Crippen LogP contribution in [0.15, 0.2) is 0 Å². The van der Waals surface area contributed by atoms with Gasteiger partial charge in [-0.25, -0.2) is 0 Å². The molecule has 0 radical (unpaired) electrons. The number of rotatable bonds is 8. The van der Waals surface area contributed by atoms with E-state index in [2.05, 4.69) is 0 Å². The molecule has 24 heavy (non-hydrogen) atoms. The molecular weight excluding hydrogens is 324 g/mol. The van der Waals surface area contributed by atoms with Crippen LogP contribution in [0.25, 0.3) is 0 Å². The van der Waals surface area contributed by atoms with Gasteiger partial charge in [-0.3, -0.25) is 19.2 Å².